The van der Waals surface area contributed by atoms with E-state index in [1.54, 1.807) is 7.11 Å². The maximum absolute atomic E-state index is 5.57. The average Bonchev–Trinajstić information content (AvgIpc) is 2.58. The Morgan fingerprint density at radius 3 is 2.38 bits per heavy atom. The number of thiocarbonyl (C=S) groups is 1. The molecule has 5 nitrogen and oxygen atoms in total. The highest BCUT2D eigenvalue weighted by Crippen LogP contribution is 2.42. The molecule has 6 heteroatoms. The third-order valence-electron chi connectivity index (χ3n) is 5.68. The first-order valence-electron chi connectivity index (χ1n) is 8.69. The van der Waals surface area contributed by atoms with Gasteiger partial charge in [0.15, 0.2) is 5.11 Å². The number of piperidine rings is 2. The van der Waals surface area contributed by atoms with E-state index in [2.05, 4.69) is 34.3 Å². The standard InChI is InChI=1S/C18H28N4OS/c1-21-9-5-18(6-10-21)7-11-22(12-8-18)14-3-4-15(20-17(19)24)16(13-14)23-2/h3-4,13H,5-12H2,1-2H3,(H3,19,20,24). The normalized spacial score (nSPS) is 20.8. The first-order chi connectivity index (χ1) is 11.5. The van der Waals surface area contributed by atoms with Crippen LogP contribution in [0, 0.1) is 5.41 Å². The Morgan fingerprint density at radius 1 is 1.17 bits per heavy atom. The van der Waals surface area contributed by atoms with Crippen molar-refractivity contribution in [2.45, 2.75) is 25.7 Å². The number of rotatable bonds is 3. The summed E-state index contributed by atoms with van der Waals surface area (Å²) >= 11 is 4.92. The third-order valence-corrected chi connectivity index (χ3v) is 5.78. The monoisotopic (exact) mass is 348 g/mol. The summed E-state index contributed by atoms with van der Waals surface area (Å²) in [6.45, 7) is 4.73. The quantitative estimate of drug-likeness (QED) is 0.819. The molecule has 1 aromatic rings. The molecule has 0 aliphatic carbocycles. The second-order valence-corrected chi connectivity index (χ2v) is 7.60. The second kappa shape index (κ2) is 7.15. The van der Waals surface area contributed by atoms with E-state index in [1.807, 2.05) is 6.07 Å². The smallest absolute Gasteiger partial charge is 0.168 e. The largest absolute Gasteiger partial charge is 0.494 e. The highest BCUT2D eigenvalue weighted by Gasteiger charge is 2.36. The average molecular weight is 349 g/mol. The fourth-order valence-corrected chi connectivity index (χ4v) is 4.05. The molecular formula is C18H28N4OS. The van der Waals surface area contributed by atoms with Crippen molar-refractivity contribution in [1.82, 2.24) is 4.90 Å². The van der Waals surface area contributed by atoms with E-state index in [9.17, 15) is 0 Å². The molecule has 0 bridgehead atoms. The van der Waals surface area contributed by atoms with Crippen LogP contribution in [0.25, 0.3) is 0 Å². The molecule has 0 aromatic heterocycles. The van der Waals surface area contributed by atoms with Crippen LogP contribution in [0.2, 0.25) is 0 Å². The number of nitrogens with one attached hydrogen (secondary N) is 1. The minimum absolute atomic E-state index is 0.253. The minimum Gasteiger partial charge on any atom is -0.494 e. The molecule has 0 radical (unpaired) electrons. The van der Waals surface area contributed by atoms with Gasteiger partial charge in [0.05, 0.1) is 12.8 Å². The number of likely N-dealkylation sites (tertiary alicyclic amines) is 1. The van der Waals surface area contributed by atoms with E-state index < -0.39 is 0 Å². The van der Waals surface area contributed by atoms with Crippen LogP contribution in [0.15, 0.2) is 18.2 Å². The Morgan fingerprint density at radius 2 is 1.79 bits per heavy atom. The summed E-state index contributed by atoms with van der Waals surface area (Å²) in [5.74, 6) is 0.778. The highest BCUT2D eigenvalue weighted by atomic mass is 32.1. The Balaban J connectivity index is 1.67. The fourth-order valence-electron chi connectivity index (χ4n) is 3.94. The van der Waals surface area contributed by atoms with Gasteiger partial charge in [-0.05, 0) is 75.6 Å². The first-order valence-corrected chi connectivity index (χ1v) is 9.10. The lowest BCUT2D eigenvalue weighted by atomic mass is 9.71. The van der Waals surface area contributed by atoms with E-state index in [0.717, 1.165) is 24.5 Å². The van der Waals surface area contributed by atoms with Crippen molar-refractivity contribution in [3.05, 3.63) is 18.2 Å². The number of hydrogen-bond acceptors (Lipinski definition) is 4. The molecule has 0 atom stereocenters. The molecule has 132 valence electrons. The number of hydrogen-bond donors (Lipinski definition) is 2. The zero-order chi connectivity index (χ0) is 17.2. The Bertz CT molecular complexity index is 589. The fraction of sp³-hybridized carbons (Fsp3) is 0.611. The SMILES string of the molecule is COc1cc(N2CCC3(CCN(C)CC3)CC2)ccc1NC(N)=S. The van der Waals surface area contributed by atoms with Crippen LogP contribution in [-0.4, -0.2) is 50.3 Å². The summed E-state index contributed by atoms with van der Waals surface area (Å²) in [4.78, 5) is 4.92. The maximum atomic E-state index is 5.57. The molecule has 2 saturated heterocycles. The molecule has 0 amide bonds. The molecule has 0 unspecified atom stereocenters. The number of nitrogens with zero attached hydrogens (tertiary/aromatic N) is 2. The van der Waals surface area contributed by atoms with Crippen molar-refractivity contribution in [1.29, 1.82) is 0 Å². The van der Waals surface area contributed by atoms with Gasteiger partial charge in [-0.25, -0.2) is 0 Å². The molecule has 2 fully saturated rings. The van der Waals surface area contributed by atoms with Crippen molar-refractivity contribution >= 4 is 28.7 Å². The number of benzene rings is 1. The van der Waals surface area contributed by atoms with E-state index in [0.29, 0.717) is 5.41 Å². The van der Waals surface area contributed by atoms with Crippen LogP contribution in [0.3, 0.4) is 0 Å². The van der Waals surface area contributed by atoms with Crippen LogP contribution >= 0.6 is 12.2 Å². The van der Waals surface area contributed by atoms with Gasteiger partial charge < -0.3 is 25.6 Å². The number of nitrogens with two attached hydrogens (primary N) is 1. The molecule has 0 saturated carbocycles. The van der Waals surface area contributed by atoms with Crippen molar-refractivity contribution < 1.29 is 4.74 Å². The molecule has 24 heavy (non-hydrogen) atoms. The Labute approximate surface area is 150 Å². The topological polar surface area (TPSA) is 53.8 Å². The minimum atomic E-state index is 0.253. The molecule has 3 N–H and O–H groups in total. The maximum Gasteiger partial charge on any atom is 0.168 e. The van der Waals surface area contributed by atoms with Gasteiger partial charge >= 0.3 is 0 Å². The van der Waals surface area contributed by atoms with Gasteiger partial charge in [-0.1, -0.05) is 0 Å². The molecule has 2 heterocycles. The van der Waals surface area contributed by atoms with Gasteiger partial charge in [-0.2, -0.15) is 0 Å². The van der Waals surface area contributed by atoms with Crippen molar-refractivity contribution in [3.63, 3.8) is 0 Å². The van der Waals surface area contributed by atoms with Crippen LogP contribution in [0.1, 0.15) is 25.7 Å². The van der Waals surface area contributed by atoms with Crippen molar-refractivity contribution in [2.24, 2.45) is 11.1 Å². The molecule has 2 aliphatic rings. The lowest BCUT2D eigenvalue weighted by molar-refractivity contribution is 0.0945. The van der Waals surface area contributed by atoms with Crippen LogP contribution in [-0.2, 0) is 0 Å². The summed E-state index contributed by atoms with van der Waals surface area (Å²) in [6, 6.07) is 6.19. The summed E-state index contributed by atoms with van der Waals surface area (Å²) in [5.41, 5.74) is 8.17. The Hall–Kier alpha value is -1.53. The van der Waals surface area contributed by atoms with Crippen LogP contribution in [0.5, 0.6) is 5.75 Å². The van der Waals surface area contributed by atoms with Gasteiger partial charge in [0.1, 0.15) is 5.75 Å². The van der Waals surface area contributed by atoms with E-state index in [1.165, 1.54) is 44.5 Å². The van der Waals surface area contributed by atoms with Gasteiger partial charge in [-0.3, -0.25) is 0 Å². The van der Waals surface area contributed by atoms with Crippen molar-refractivity contribution in [2.75, 3.05) is 50.6 Å². The summed E-state index contributed by atoms with van der Waals surface area (Å²) in [7, 11) is 3.91. The zero-order valence-electron chi connectivity index (χ0n) is 14.7. The molecule has 1 aromatic carbocycles. The molecule has 3 rings (SSSR count). The number of methoxy groups -OCH3 is 1. The lowest BCUT2D eigenvalue weighted by Crippen LogP contribution is -2.46. The van der Waals surface area contributed by atoms with E-state index >= 15 is 0 Å². The first kappa shape index (κ1) is 17.3. The lowest BCUT2D eigenvalue weighted by Gasteiger charge is -2.47. The van der Waals surface area contributed by atoms with Gasteiger partial charge in [0, 0.05) is 24.8 Å². The van der Waals surface area contributed by atoms with E-state index in [4.69, 9.17) is 22.7 Å². The number of ether oxygens (including phenoxy) is 1. The number of anilines is 2. The predicted octanol–water partition coefficient (Wildman–Crippen LogP) is 2.66. The Kier molecular flexibility index (Phi) is 5.15. The van der Waals surface area contributed by atoms with E-state index in [-0.39, 0.29) is 5.11 Å². The second-order valence-electron chi connectivity index (χ2n) is 7.16. The highest BCUT2D eigenvalue weighted by molar-refractivity contribution is 7.80. The van der Waals surface area contributed by atoms with Gasteiger partial charge in [0.2, 0.25) is 0 Å². The third kappa shape index (κ3) is 3.75. The van der Waals surface area contributed by atoms with Crippen molar-refractivity contribution in [3.8, 4) is 5.75 Å². The summed E-state index contributed by atoms with van der Waals surface area (Å²) < 4.78 is 5.49. The zero-order valence-corrected chi connectivity index (χ0v) is 15.5. The summed E-state index contributed by atoms with van der Waals surface area (Å²) in [5, 5.41) is 3.22. The molecule has 2 aliphatic heterocycles. The van der Waals surface area contributed by atoms with Gasteiger partial charge in [-0.15, -0.1) is 0 Å². The van der Waals surface area contributed by atoms with Crippen LogP contribution < -0.4 is 20.7 Å². The predicted molar refractivity (Wildman–Crippen MR) is 104 cm³/mol. The molecular weight excluding hydrogens is 320 g/mol. The van der Waals surface area contributed by atoms with Gasteiger partial charge in [0.25, 0.3) is 0 Å². The van der Waals surface area contributed by atoms with Crippen LogP contribution in [0.4, 0.5) is 11.4 Å². The summed E-state index contributed by atoms with van der Waals surface area (Å²) in [6.07, 6.45) is 5.26. The molecule has 1 spiro atoms.